The number of carbonyl (C=O) groups is 2. The van der Waals surface area contributed by atoms with E-state index >= 15 is 0 Å². The molecular formula is C51H102N4O6. The molecule has 362 valence electrons. The molecule has 2 amide bonds. The summed E-state index contributed by atoms with van der Waals surface area (Å²) >= 11 is 0. The Bertz CT molecular complexity index is 976. The first kappa shape index (κ1) is 57.7. The molecule has 0 aromatic rings. The summed E-state index contributed by atoms with van der Waals surface area (Å²) in [5.41, 5.74) is 0. The maximum absolute atomic E-state index is 13.1. The lowest BCUT2D eigenvalue weighted by atomic mass is 10.0. The molecule has 1 fully saturated rings. The Morgan fingerprint density at radius 1 is 0.410 bits per heavy atom. The van der Waals surface area contributed by atoms with Gasteiger partial charge in [-0.2, -0.15) is 0 Å². The number of piperazine rings is 1. The molecule has 1 aliphatic rings. The predicted molar refractivity (Wildman–Crippen MR) is 256 cm³/mol. The second kappa shape index (κ2) is 40.2. The Kier molecular flexibility index (Phi) is 38.1. The summed E-state index contributed by atoms with van der Waals surface area (Å²) in [6, 6.07) is -1.08. The second-order valence-corrected chi connectivity index (χ2v) is 19.2. The van der Waals surface area contributed by atoms with Crippen molar-refractivity contribution in [2.24, 2.45) is 0 Å². The smallest absolute Gasteiger partial charge is 0.243 e. The lowest BCUT2D eigenvalue weighted by Gasteiger charge is -2.31. The van der Waals surface area contributed by atoms with Crippen LogP contribution in [0.4, 0.5) is 0 Å². The third-order valence-electron chi connectivity index (χ3n) is 12.8. The topological polar surface area (TPSA) is 146 Å². The normalized spacial score (nSPS) is 17.8. The van der Waals surface area contributed by atoms with Crippen molar-refractivity contribution in [3.05, 3.63) is 0 Å². The molecule has 0 bridgehead atoms. The van der Waals surface area contributed by atoms with Crippen LogP contribution in [0.2, 0.25) is 0 Å². The number of aliphatic hydroxyl groups is 4. The van der Waals surface area contributed by atoms with Crippen LogP contribution in [0.1, 0.15) is 240 Å². The molecule has 6 N–H and O–H groups in total. The summed E-state index contributed by atoms with van der Waals surface area (Å²) in [5, 5.41) is 48.7. The summed E-state index contributed by atoms with van der Waals surface area (Å²) in [4.78, 5) is 30.5. The van der Waals surface area contributed by atoms with Gasteiger partial charge in [-0.3, -0.25) is 19.4 Å². The minimum atomic E-state index is -0.540. The SMILES string of the molecule is CCCCCCCCCC[C@@H](O)CN(CCCC[C@@H]1NC(=O)[C@H](CCCCN(C[C@H](O)CCCCCCCCCC)C[C@H](C)O)NC1=O)C[C@H](O)CCCCCCCCCC. The zero-order valence-corrected chi connectivity index (χ0v) is 40.5. The molecule has 1 saturated heterocycles. The van der Waals surface area contributed by atoms with Crippen molar-refractivity contribution < 1.29 is 30.0 Å². The van der Waals surface area contributed by atoms with Gasteiger partial charge in [0.1, 0.15) is 12.1 Å². The van der Waals surface area contributed by atoms with Crippen LogP contribution < -0.4 is 10.6 Å². The van der Waals surface area contributed by atoms with E-state index in [-0.39, 0.29) is 11.8 Å². The van der Waals surface area contributed by atoms with Crippen molar-refractivity contribution >= 4 is 11.8 Å². The first-order valence-electron chi connectivity index (χ1n) is 26.4. The molecule has 0 spiro atoms. The highest BCUT2D eigenvalue weighted by Gasteiger charge is 2.33. The molecule has 10 heteroatoms. The summed E-state index contributed by atoms with van der Waals surface area (Å²) in [5.74, 6) is -0.246. The van der Waals surface area contributed by atoms with Crippen molar-refractivity contribution in [3.63, 3.8) is 0 Å². The minimum Gasteiger partial charge on any atom is -0.392 e. The highest BCUT2D eigenvalue weighted by Crippen LogP contribution is 2.17. The van der Waals surface area contributed by atoms with E-state index in [1.807, 2.05) is 0 Å². The van der Waals surface area contributed by atoms with E-state index in [0.29, 0.717) is 39.0 Å². The number of rotatable bonds is 45. The zero-order chi connectivity index (χ0) is 44.8. The molecule has 0 radical (unpaired) electrons. The van der Waals surface area contributed by atoms with Gasteiger partial charge in [0, 0.05) is 26.2 Å². The molecule has 0 aromatic heterocycles. The molecule has 6 atom stereocenters. The molecule has 61 heavy (non-hydrogen) atoms. The molecule has 10 nitrogen and oxygen atoms in total. The van der Waals surface area contributed by atoms with Gasteiger partial charge in [-0.25, -0.2) is 0 Å². The summed E-state index contributed by atoms with van der Waals surface area (Å²) in [7, 11) is 0. The van der Waals surface area contributed by atoms with E-state index in [4.69, 9.17) is 0 Å². The Morgan fingerprint density at radius 2 is 0.689 bits per heavy atom. The molecule has 1 rings (SSSR count). The fourth-order valence-corrected chi connectivity index (χ4v) is 9.05. The van der Waals surface area contributed by atoms with Gasteiger partial charge in [0.15, 0.2) is 0 Å². The Balaban J connectivity index is 2.47. The first-order valence-corrected chi connectivity index (χ1v) is 26.4. The Morgan fingerprint density at radius 3 is 0.984 bits per heavy atom. The van der Waals surface area contributed by atoms with Gasteiger partial charge < -0.3 is 31.1 Å². The third-order valence-corrected chi connectivity index (χ3v) is 12.8. The fraction of sp³-hybridized carbons (Fsp3) is 0.961. The quantitative estimate of drug-likeness (QED) is 0.0332. The van der Waals surface area contributed by atoms with E-state index in [0.717, 1.165) is 96.6 Å². The van der Waals surface area contributed by atoms with Crippen molar-refractivity contribution in [2.45, 2.75) is 276 Å². The van der Waals surface area contributed by atoms with Gasteiger partial charge in [-0.15, -0.1) is 0 Å². The van der Waals surface area contributed by atoms with E-state index in [9.17, 15) is 30.0 Å². The monoisotopic (exact) mass is 867 g/mol. The van der Waals surface area contributed by atoms with Crippen LogP contribution >= 0.6 is 0 Å². The largest absolute Gasteiger partial charge is 0.392 e. The lowest BCUT2D eigenvalue weighted by molar-refractivity contribution is -0.137. The second-order valence-electron chi connectivity index (χ2n) is 19.2. The van der Waals surface area contributed by atoms with Crippen molar-refractivity contribution in [1.29, 1.82) is 0 Å². The van der Waals surface area contributed by atoms with Crippen LogP contribution in [0.15, 0.2) is 0 Å². The van der Waals surface area contributed by atoms with Gasteiger partial charge in [-0.05, 0) is 77.8 Å². The van der Waals surface area contributed by atoms with E-state index in [2.05, 4.69) is 41.2 Å². The number of hydrogen-bond acceptors (Lipinski definition) is 8. The summed E-state index contributed by atoms with van der Waals surface area (Å²) in [6.45, 7) is 12.2. The number of amides is 2. The number of aliphatic hydroxyl groups excluding tert-OH is 4. The van der Waals surface area contributed by atoms with Gasteiger partial charge >= 0.3 is 0 Å². The van der Waals surface area contributed by atoms with Gasteiger partial charge in [0.2, 0.25) is 11.8 Å². The van der Waals surface area contributed by atoms with Crippen molar-refractivity contribution in [2.75, 3.05) is 39.3 Å². The summed E-state index contributed by atoms with van der Waals surface area (Å²) < 4.78 is 0. The Hall–Kier alpha value is -1.30. The van der Waals surface area contributed by atoms with E-state index in [1.165, 1.54) is 116 Å². The van der Waals surface area contributed by atoms with Crippen molar-refractivity contribution in [3.8, 4) is 0 Å². The minimum absolute atomic E-state index is 0.122. The Labute approximate surface area is 376 Å². The number of hydrogen-bond donors (Lipinski definition) is 6. The molecule has 0 unspecified atom stereocenters. The first-order chi connectivity index (χ1) is 29.6. The molecule has 1 aliphatic heterocycles. The van der Waals surface area contributed by atoms with Crippen LogP contribution in [0.25, 0.3) is 0 Å². The zero-order valence-electron chi connectivity index (χ0n) is 40.5. The molecule has 1 heterocycles. The predicted octanol–water partition coefficient (Wildman–Crippen LogP) is 9.97. The average molecular weight is 867 g/mol. The van der Waals surface area contributed by atoms with Crippen molar-refractivity contribution in [1.82, 2.24) is 20.4 Å². The van der Waals surface area contributed by atoms with E-state index < -0.39 is 36.5 Å². The third kappa shape index (κ3) is 33.8. The standard InChI is InChI=1S/C51H102N4O6/c1-5-8-11-14-17-20-23-26-33-45(57)41-54(40-44(4)56)38-31-29-36-48-50(60)53-49(51(61)52-48)37-30-32-39-55(42-46(58)34-27-24-21-18-15-12-9-6-2)43-47(59)35-28-25-22-19-16-13-10-7-3/h44-49,56-59H,5-43H2,1-4H3,(H,52,61)(H,53,60)/t44-,45+,46+,47+,48-,49-/m0/s1. The van der Waals surface area contributed by atoms with Crippen LogP contribution in [0.5, 0.6) is 0 Å². The highest BCUT2D eigenvalue weighted by atomic mass is 16.3. The molecule has 0 aromatic carbocycles. The lowest BCUT2D eigenvalue weighted by Crippen LogP contribution is -2.61. The highest BCUT2D eigenvalue weighted by molar-refractivity contribution is 5.96. The van der Waals surface area contributed by atoms with Gasteiger partial charge in [0.25, 0.3) is 0 Å². The number of nitrogens with one attached hydrogen (secondary N) is 2. The average Bonchev–Trinajstić information content (AvgIpc) is 3.22. The van der Waals surface area contributed by atoms with Crippen LogP contribution in [-0.2, 0) is 9.59 Å². The maximum atomic E-state index is 13.1. The number of carbonyl (C=O) groups excluding carboxylic acids is 2. The van der Waals surface area contributed by atoms with Gasteiger partial charge in [0.05, 0.1) is 24.4 Å². The maximum Gasteiger partial charge on any atom is 0.243 e. The molecule has 0 saturated carbocycles. The van der Waals surface area contributed by atoms with Gasteiger partial charge in [-0.1, -0.05) is 175 Å². The molecular weight excluding hydrogens is 765 g/mol. The summed E-state index contributed by atoms with van der Waals surface area (Å²) in [6.07, 6.45) is 34.7. The van der Waals surface area contributed by atoms with Crippen LogP contribution in [0.3, 0.4) is 0 Å². The van der Waals surface area contributed by atoms with E-state index in [1.54, 1.807) is 6.92 Å². The molecule has 0 aliphatic carbocycles. The fourth-order valence-electron chi connectivity index (χ4n) is 9.05. The number of nitrogens with zero attached hydrogens (tertiary/aromatic N) is 2. The van der Waals surface area contributed by atoms with Crippen LogP contribution in [-0.4, -0.2) is 118 Å². The van der Waals surface area contributed by atoms with Crippen LogP contribution in [0, 0.1) is 0 Å². The number of unbranched alkanes of at least 4 members (excludes halogenated alkanes) is 23.